The van der Waals surface area contributed by atoms with Crippen molar-refractivity contribution in [3.05, 3.63) is 46.7 Å². The molecule has 1 aromatic heterocycles. The maximum atomic E-state index is 5.67. The predicted octanol–water partition coefficient (Wildman–Crippen LogP) is 3.36. The summed E-state index contributed by atoms with van der Waals surface area (Å²) in [6.07, 6.45) is 1.88. The highest BCUT2D eigenvalue weighted by molar-refractivity contribution is 7.09. The highest BCUT2D eigenvalue weighted by Crippen LogP contribution is 2.14. The minimum atomic E-state index is 0.655. The number of hydrogen-bond donors (Lipinski definition) is 1. The molecule has 2 rings (SSSR count). The minimum Gasteiger partial charge on any atom is -0.493 e. The third-order valence-electron chi connectivity index (χ3n) is 2.63. The summed E-state index contributed by atoms with van der Waals surface area (Å²) >= 11 is 1.77. The first-order chi connectivity index (χ1) is 9.34. The van der Waals surface area contributed by atoms with Crippen molar-refractivity contribution in [2.45, 2.75) is 12.8 Å². The Morgan fingerprint density at radius 2 is 2.00 bits per heavy atom. The van der Waals surface area contributed by atoms with E-state index in [4.69, 9.17) is 15.2 Å². The van der Waals surface area contributed by atoms with Crippen molar-refractivity contribution in [3.63, 3.8) is 0 Å². The Kier molecular flexibility index (Phi) is 5.72. The summed E-state index contributed by atoms with van der Waals surface area (Å²) in [6, 6.07) is 11.7. The zero-order valence-electron chi connectivity index (χ0n) is 10.9. The Balaban J connectivity index is 1.50. The number of benzene rings is 1. The second-order valence-electron chi connectivity index (χ2n) is 4.22. The van der Waals surface area contributed by atoms with Gasteiger partial charge in [0.15, 0.2) is 0 Å². The van der Waals surface area contributed by atoms with Crippen LogP contribution in [0.4, 0.5) is 5.69 Å². The molecule has 19 heavy (non-hydrogen) atoms. The second-order valence-corrected chi connectivity index (χ2v) is 5.25. The summed E-state index contributed by atoms with van der Waals surface area (Å²) in [4.78, 5) is 1.37. The van der Waals surface area contributed by atoms with E-state index in [0.717, 1.165) is 37.5 Å². The molecule has 0 radical (unpaired) electrons. The van der Waals surface area contributed by atoms with E-state index in [1.165, 1.54) is 4.88 Å². The molecule has 0 spiro atoms. The van der Waals surface area contributed by atoms with Gasteiger partial charge < -0.3 is 15.2 Å². The van der Waals surface area contributed by atoms with Gasteiger partial charge in [0.05, 0.1) is 13.2 Å². The molecule has 0 aliphatic carbocycles. The van der Waals surface area contributed by atoms with Crippen LogP contribution in [0.3, 0.4) is 0 Å². The first-order valence-corrected chi connectivity index (χ1v) is 7.31. The second kappa shape index (κ2) is 7.81. The number of ether oxygens (including phenoxy) is 2. The predicted molar refractivity (Wildman–Crippen MR) is 79.8 cm³/mol. The Morgan fingerprint density at radius 1 is 1.05 bits per heavy atom. The van der Waals surface area contributed by atoms with Gasteiger partial charge in [-0.25, -0.2) is 0 Å². The number of thiophene rings is 1. The van der Waals surface area contributed by atoms with Crippen LogP contribution in [0, 0.1) is 0 Å². The van der Waals surface area contributed by atoms with Gasteiger partial charge in [0.25, 0.3) is 0 Å². The standard InChI is InChI=1S/C15H19NO2S/c16-13-4-1-5-14(12-13)18-9-3-8-17-10-7-15-6-2-11-19-15/h1-2,4-6,11-12H,3,7-10,16H2. The lowest BCUT2D eigenvalue weighted by molar-refractivity contribution is 0.122. The molecule has 2 aromatic rings. The fraction of sp³-hybridized carbons (Fsp3) is 0.333. The van der Waals surface area contributed by atoms with Crippen molar-refractivity contribution in [1.82, 2.24) is 0 Å². The van der Waals surface area contributed by atoms with Crippen LogP contribution < -0.4 is 10.5 Å². The highest BCUT2D eigenvalue weighted by Gasteiger charge is 1.96. The smallest absolute Gasteiger partial charge is 0.121 e. The zero-order valence-corrected chi connectivity index (χ0v) is 11.7. The van der Waals surface area contributed by atoms with Crippen LogP contribution in [-0.4, -0.2) is 19.8 Å². The molecule has 1 aromatic carbocycles. The van der Waals surface area contributed by atoms with Gasteiger partial charge in [0.1, 0.15) is 5.75 Å². The molecular formula is C15H19NO2S. The van der Waals surface area contributed by atoms with Gasteiger partial charge in [0.2, 0.25) is 0 Å². The normalized spacial score (nSPS) is 10.5. The van der Waals surface area contributed by atoms with E-state index in [0.29, 0.717) is 6.61 Å². The maximum absolute atomic E-state index is 5.67. The van der Waals surface area contributed by atoms with Gasteiger partial charge in [-0.2, -0.15) is 0 Å². The molecule has 2 N–H and O–H groups in total. The number of hydrogen-bond acceptors (Lipinski definition) is 4. The van der Waals surface area contributed by atoms with Crippen LogP contribution in [0.2, 0.25) is 0 Å². The molecule has 0 fully saturated rings. The quantitative estimate of drug-likeness (QED) is 0.594. The summed E-state index contributed by atoms with van der Waals surface area (Å²) < 4.78 is 11.2. The molecule has 102 valence electrons. The molecule has 0 aliphatic heterocycles. The zero-order chi connectivity index (χ0) is 13.3. The van der Waals surface area contributed by atoms with Gasteiger partial charge in [-0.15, -0.1) is 11.3 Å². The first kappa shape index (κ1) is 13.9. The van der Waals surface area contributed by atoms with Crippen molar-refractivity contribution >= 4 is 17.0 Å². The van der Waals surface area contributed by atoms with E-state index in [1.54, 1.807) is 11.3 Å². The molecule has 0 unspecified atom stereocenters. The summed E-state index contributed by atoms with van der Waals surface area (Å²) in [5, 5.41) is 2.09. The topological polar surface area (TPSA) is 44.5 Å². The maximum Gasteiger partial charge on any atom is 0.121 e. The molecule has 0 saturated carbocycles. The molecule has 0 bridgehead atoms. The van der Waals surface area contributed by atoms with Crippen molar-refractivity contribution in [1.29, 1.82) is 0 Å². The summed E-state index contributed by atoms with van der Waals surface area (Å²) in [6.45, 7) is 2.16. The minimum absolute atomic E-state index is 0.655. The Bertz CT molecular complexity index is 471. The molecular weight excluding hydrogens is 258 g/mol. The SMILES string of the molecule is Nc1cccc(OCCCOCCc2cccs2)c1. The first-order valence-electron chi connectivity index (χ1n) is 6.43. The fourth-order valence-corrected chi connectivity index (χ4v) is 2.38. The van der Waals surface area contributed by atoms with E-state index in [9.17, 15) is 0 Å². The van der Waals surface area contributed by atoms with Gasteiger partial charge in [0, 0.05) is 36.1 Å². The van der Waals surface area contributed by atoms with E-state index in [-0.39, 0.29) is 0 Å². The number of nitrogen functional groups attached to an aromatic ring is 1. The number of rotatable bonds is 8. The largest absolute Gasteiger partial charge is 0.493 e. The van der Waals surface area contributed by atoms with Crippen molar-refractivity contribution in [3.8, 4) is 5.75 Å². The van der Waals surface area contributed by atoms with Gasteiger partial charge >= 0.3 is 0 Å². The van der Waals surface area contributed by atoms with Gasteiger partial charge in [-0.3, -0.25) is 0 Å². The lowest BCUT2D eigenvalue weighted by atomic mass is 10.3. The molecule has 0 aliphatic rings. The average Bonchev–Trinajstić information content (AvgIpc) is 2.91. The molecule has 0 atom stereocenters. The number of anilines is 1. The third-order valence-corrected chi connectivity index (χ3v) is 3.57. The number of nitrogens with two attached hydrogens (primary N) is 1. The van der Waals surface area contributed by atoms with E-state index >= 15 is 0 Å². The van der Waals surface area contributed by atoms with Crippen LogP contribution in [0.15, 0.2) is 41.8 Å². The molecule has 3 nitrogen and oxygen atoms in total. The average molecular weight is 277 g/mol. The van der Waals surface area contributed by atoms with Crippen LogP contribution in [0.1, 0.15) is 11.3 Å². The van der Waals surface area contributed by atoms with Crippen LogP contribution in [0.25, 0.3) is 0 Å². The van der Waals surface area contributed by atoms with Crippen molar-refractivity contribution in [2.75, 3.05) is 25.6 Å². The Labute approximate surface area is 118 Å². The Hall–Kier alpha value is -1.52. The molecule has 1 heterocycles. The van der Waals surface area contributed by atoms with Crippen LogP contribution in [-0.2, 0) is 11.2 Å². The van der Waals surface area contributed by atoms with Crippen LogP contribution in [0.5, 0.6) is 5.75 Å². The lowest BCUT2D eigenvalue weighted by Gasteiger charge is -2.07. The highest BCUT2D eigenvalue weighted by atomic mass is 32.1. The molecule has 0 amide bonds. The monoisotopic (exact) mass is 277 g/mol. The molecule has 0 saturated heterocycles. The summed E-state index contributed by atoms with van der Waals surface area (Å²) in [5.41, 5.74) is 6.40. The Morgan fingerprint density at radius 3 is 2.79 bits per heavy atom. The summed E-state index contributed by atoms with van der Waals surface area (Å²) in [5.74, 6) is 0.818. The lowest BCUT2D eigenvalue weighted by Crippen LogP contribution is -2.05. The van der Waals surface area contributed by atoms with Crippen molar-refractivity contribution < 1.29 is 9.47 Å². The van der Waals surface area contributed by atoms with Crippen LogP contribution >= 0.6 is 11.3 Å². The van der Waals surface area contributed by atoms with E-state index in [1.807, 2.05) is 24.3 Å². The van der Waals surface area contributed by atoms with E-state index in [2.05, 4.69) is 17.5 Å². The molecule has 4 heteroatoms. The fourth-order valence-electron chi connectivity index (χ4n) is 1.68. The van der Waals surface area contributed by atoms with Gasteiger partial charge in [-0.1, -0.05) is 12.1 Å². The van der Waals surface area contributed by atoms with E-state index < -0.39 is 0 Å². The van der Waals surface area contributed by atoms with Gasteiger partial charge in [-0.05, 0) is 23.6 Å². The summed E-state index contributed by atoms with van der Waals surface area (Å²) in [7, 11) is 0. The third kappa shape index (κ3) is 5.32. The van der Waals surface area contributed by atoms with Crippen molar-refractivity contribution in [2.24, 2.45) is 0 Å².